The van der Waals surface area contributed by atoms with Crippen LogP contribution in [-0.2, 0) is 9.47 Å². The molecule has 2 N–H and O–H groups in total. The summed E-state index contributed by atoms with van der Waals surface area (Å²) in [6.45, 7) is 5.74. The SMILES string of the molecule is COCOc1cccc(OCOC)c1C1=C[C@]2(C)C[C@@H](c3ccc(O)cc3O2)[C@@H]1C(=O)c1ccc2c(c1O)C=CC(C)(C)O2. The largest absolute Gasteiger partial charge is 0.508 e. The summed E-state index contributed by atoms with van der Waals surface area (Å²) in [5, 5.41) is 21.8. The molecule has 230 valence electrons. The van der Waals surface area contributed by atoms with Crippen LogP contribution in [0.15, 0.2) is 60.7 Å². The summed E-state index contributed by atoms with van der Waals surface area (Å²) in [5.74, 6) is 0.370. The summed E-state index contributed by atoms with van der Waals surface area (Å²) in [6.07, 6.45) is 6.05. The van der Waals surface area contributed by atoms with Crippen molar-refractivity contribution < 1.29 is 43.4 Å². The molecule has 2 aliphatic heterocycles. The predicted octanol–water partition coefficient (Wildman–Crippen LogP) is 6.47. The van der Waals surface area contributed by atoms with Crippen LogP contribution in [-0.4, -0.2) is 55.0 Å². The first kappa shape index (κ1) is 29.6. The van der Waals surface area contributed by atoms with Gasteiger partial charge in [0.2, 0.25) is 0 Å². The van der Waals surface area contributed by atoms with E-state index >= 15 is 0 Å². The van der Waals surface area contributed by atoms with Crippen molar-refractivity contribution in [1.82, 2.24) is 0 Å². The third-order valence-electron chi connectivity index (χ3n) is 8.25. The van der Waals surface area contributed by atoms with Crippen LogP contribution in [0.3, 0.4) is 0 Å². The summed E-state index contributed by atoms with van der Waals surface area (Å²) in [5.41, 5.74) is 1.20. The van der Waals surface area contributed by atoms with E-state index in [4.69, 9.17) is 28.4 Å². The lowest BCUT2D eigenvalue weighted by Gasteiger charge is -2.46. The van der Waals surface area contributed by atoms with Crippen LogP contribution < -0.4 is 18.9 Å². The van der Waals surface area contributed by atoms with E-state index in [-0.39, 0.29) is 42.3 Å². The fourth-order valence-electron chi connectivity index (χ4n) is 6.42. The number of methoxy groups -OCH3 is 2. The monoisotopic (exact) mass is 600 g/mol. The number of phenols is 2. The number of ketones is 1. The Hall–Kier alpha value is -4.47. The maximum absolute atomic E-state index is 14.9. The molecule has 6 rings (SSSR count). The van der Waals surface area contributed by atoms with E-state index in [1.807, 2.05) is 32.9 Å². The number of Topliss-reactive ketones (excluding diaryl/α,β-unsaturated/α-hetero) is 1. The average molecular weight is 601 g/mol. The average Bonchev–Trinajstić information content (AvgIpc) is 2.97. The molecule has 2 bridgehead atoms. The van der Waals surface area contributed by atoms with Crippen molar-refractivity contribution in [1.29, 1.82) is 0 Å². The van der Waals surface area contributed by atoms with Gasteiger partial charge in [0.25, 0.3) is 0 Å². The molecular weight excluding hydrogens is 564 g/mol. The highest BCUT2D eigenvalue weighted by Gasteiger charge is 2.49. The van der Waals surface area contributed by atoms with Gasteiger partial charge in [-0.05, 0) is 86.9 Å². The zero-order valence-electron chi connectivity index (χ0n) is 25.4. The molecule has 9 nitrogen and oxygen atoms in total. The minimum absolute atomic E-state index is 0.0276. The van der Waals surface area contributed by atoms with E-state index in [0.717, 1.165) is 5.56 Å². The maximum atomic E-state index is 14.9. The van der Waals surface area contributed by atoms with Crippen LogP contribution in [0.5, 0.6) is 34.5 Å². The third kappa shape index (κ3) is 5.27. The molecule has 9 heteroatoms. The molecule has 0 aromatic heterocycles. The molecule has 3 atom stereocenters. The van der Waals surface area contributed by atoms with E-state index in [2.05, 4.69) is 0 Å². The van der Waals surface area contributed by atoms with Crippen molar-refractivity contribution in [3.05, 3.63) is 82.9 Å². The van der Waals surface area contributed by atoms with Crippen molar-refractivity contribution in [2.45, 2.75) is 44.3 Å². The lowest BCUT2D eigenvalue weighted by Crippen LogP contribution is -2.44. The van der Waals surface area contributed by atoms with Crippen molar-refractivity contribution in [2.24, 2.45) is 5.92 Å². The standard InChI is InChI=1S/C35H36O9/c1-34(2)14-13-22-26(43-34)12-11-23(32(22)37)33(38)30-24-16-35(3,44-29-15-20(36)9-10-21(24)29)17-25(30)31-27(41-18-39-4)7-6-8-28(31)42-19-40-5/h6-15,17,24,30,36-37H,16,18-19H2,1-5H3/t24-,30-,35-/m0/s1. The van der Waals surface area contributed by atoms with E-state index in [1.54, 1.807) is 54.6 Å². The lowest BCUT2D eigenvalue weighted by molar-refractivity contribution is 0.0452. The predicted molar refractivity (Wildman–Crippen MR) is 164 cm³/mol. The fraction of sp³-hybridized carbons (Fsp3) is 0.343. The number of hydrogen-bond donors (Lipinski definition) is 2. The number of ether oxygens (including phenoxy) is 6. The Morgan fingerprint density at radius 1 is 0.932 bits per heavy atom. The molecule has 3 aliphatic rings. The quantitative estimate of drug-likeness (QED) is 0.211. The highest BCUT2D eigenvalue weighted by atomic mass is 16.7. The molecule has 1 aliphatic carbocycles. The van der Waals surface area contributed by atoms with Gasteiger partial charge in [-0.25, -0.2) is 0 Å². The van der Waals surface area contributed by atoms with Crippen LogP contribution >= 0.6 is 0 Å². The summed E-state index contributed by atoms with van der Waals surface area (Å²) < 4.78 is 35.0. The molecule has 0 saturated carbocycles. The minimum Gasteiger partial charge on any atom is -0.508 e. The normalized spacial score (nSPS) is 22.5. The second kappa shape index (κ2) is 11.2. The molecular formula is C35H36O9. The molecule has 44 heavy (non-hydrogen) atoms. The van der Waals surface area contributed by atoms with Crippen LogP contribution in [0, 0.1) is 5.92 Å². The first-order chi connectivity index (χ1) is 21.0. The summed E-state index contributed by atoms with van der Waals surface area (Å²) in [4.78, 5) is 14.9. The summed E-state index contributed by atoms with van der Waals surface area (Å²) >= 11 is 0. The van der Waals surface area contributed by atoms with E-state index in [9.17, 15) is 15.0 Å². The molecule has 0 unspecified atom stereocenters. The molecule has 0 radical (unpaired) electrons. The molecule has 0 spiro atoms. The first-order valence-corrected chi connectivity index (χ1v) is 14.4. The Labute approximate surface area is 256 Å². The minimum atomic E-state index is -0.829. The molecule has 0 saturated heterocycles. The number of fused-ring (bicyclic) bond motifs is 5. The molecule has 0 fully saturated rings. The Morgan fingerprint density at radius 3 is 2.32 bits per heavy atom. The van der Waals surface area contributed by atoms with Gasteiger partial charge in [0.05, 0.1) is 22.6 Å². The Bertz CT molecular complexity index is 1640. The van der Waals surface area contributed by atoms with Gasteiger partial charge < -0.3 is 38.6 Å². The van der Waals surface area contributed by atoms with E-state index in [0.29, 0.717) is 46.1 Å². The second-order valence-electron chi connectivity index (χ2n) is 12.0. The number of phenolic OH excluding ortho intramolecular Hbond substituents is 2. The first-order valence-electron chi connectivity index (χ1n) is 14.4. The third-order valence-corrected chi connectivity index (χ3v) is 8.25. The van der Waals surface area contributed by atoms with Gasteiger partial charge in [0.1, 0.15) is 45.7 Å². The Balaban J connectivity index is 1.56. The van der Waals surface area contributed by atoms with Crippen LogP contribution in [0.4, 0.5) is 0 Å². The van der Waals surface area contributed by atoms with Crippen molar-refractivity contribution in [3.63, 3.8) is 0 Å². The van der Waals surface area contributed by atoms with Crippen LogP contribution in [0.1, 0.15) is 60.2 Å². The summed E-state index contributed by atoms with van der Waals surface area (Å²) in [7, 11) is 3.06. The van der Waals surface area contributed by atoms with Crippen LogP contribution in [0.25, 0.3) is 11.6 Å². The zero-order chi connectivity index (χ0) is 31.2. The van der Waals surface area contributed by atoms with Gasteiger partial charge in [0.15, 0.2) is 19.4 Å². The summed E-state index contributed by atoms with van der Waals surface area (Å²) in [6, 6.07) is 13.7. The number of allylic oxidation sites excluding steroid dienone is 1. The number of aromatic hydroxyl groups is 2. The second-order valence-corrected chi connectivity index (χ2v) is 12.0. The number of rotatable bonds is 9. The Morgan fingerprint density at radius 2 is 1.64 bits per heavy atom. The molecule has 3 aromatic rings. The number of benzene rings is 3. The Kier molecular flexibility index (Phi) is 7.55. The van der Waals surface area contributed by atoms with Gasteiger partial charge in [-0.2, -0.15) is 0 Å². The smallest absolute Gasteiger partial charge is 0.188 e. The highest BCUT2D eigenvalue weighted by molar-refractivity contribution is 6.09. The number of carbonyl (C=O) groups excluding carboxylic acids is 1. The molecule has 0 amide bonds. The number of carbonyl (C=O) groups is 1. The van der Waals surface area contributed by atoms with E-state index < -0.39 is 17.1 Å². The van der Waals surface area contributed by atoms with E-state index in [1.165, 1.54) is 14.2 Å². The van der Waals surface area contributed by atoms with Gasteiger partial charge >= 0.3 is 0 Å². The fourth-order valence-corrected chi connectivity index (χ4v) is 6.42. The lowest BCUT2D eigenvalue weighted by atomic mass is 9.64. The number of hydrogen-bond acceptors (Lipinski definition) is 9. The van der Waals surface area contributed by atoms with Gasteiger partial charge in [0, 0.05) is 26.2 Å². The van der Waals surface area contributed by atoms with Crippen molar-refractivity contribution in [2.75, 3.05) is 27.8 Å². The van der Waals surface area contributed by atoms with Gasteiger partial charge in [-0.15, -0.1) is 0 Å². The van der Waals surface area contributed by atoms with Crippen molar-refractivity contribution in [3.8, 4) is 34.5 Å². The zero-order valence-corrected chi connectivity index (χ0v) is 25.4. The molecule has 3 aromatic carbocycles. The topological polar surface area (TPSA) is 113 Å². The van der Waals surface area contributed by atoms with Crippen molar-refractivity contribution >= 4 is 17.4 Å². The maximum Gasteiger partial charge on any atom is 0.188 e. The highest BCUT2D eigenvalue weighted by Crippen LogP contribution is 2.57. The van der Waals surface area contributed by atoms with Gasteiger partial charge in [-0.3, -0.25) is 4.79 Å². The molecule has 2 heterocycles. The van der Waals surface area contributed by atoms with Gasteiger partial charge in [-0.1, -0.05) is 12.1 Å². The van der Waals surface area contributed by atoms with Crippen LogP contribution in [0.2, 0.25) is 0 Å².